The molecule has 3 nitrogen and oxygen atoms in total. The number of carbonyl (C=O) groups is 1. The fourth-order valence-corrected chi connectivity index (χ4v) is 4.00. The van der Waals surface area contributed by atoms with Crippen LogP contribution in [-0.4, -0.2) is 19.2 Å². The lowest BCUT2D eigenvalue weighted by Gasteiger charge is -2.32. The quantitative estimate of drug-likeness (QED) is 0.795. The SMILES string of the molecule is COc1cc(C(=O)OC2CC3CCC2(C)C3C)ccc1F. The van der Waals surface area contributed by atoms with Gasteiger partial charge in [-0.05, 0) is 49.3 Å². The zero-order valence-corrected chi connectivity index (χ0v) is 12.7. The van der Waals surface area contributed by atoms with Crippen LogP contribution in [0.4, 0.5) is 4.39 Å². The van der Waals surface area contributed by atoms with E-state index in [4.69, 9.17) is 9.47 Å². The van der Waals surface area contributed by atoms with E-state index in [9.17, 15) is 9.18 Å². The van der Waals surface area contributed by atoms with Crippen LogP contribution in [0.1, 0.15) is 43.5 Å². The third kappa shape index (κ3) is 2.21. The minimum atomic E-state index is -0.477. The van der Waals surface area contributed by atoms with E-state index >= 15 is 0 Å². The first-order chi connectivity index (χ1) is 9.95. The fraction of sp³-hybridized carbons (Fsp3) is 0.588. The van der Waals surface area contributed by atoms with Crippen molar-refractivity contribution in [2.45, 2.75) is 39.2 Å². The Morgan fingerprint density at radius 2 is 2.19 bits per heavy atom. The Morgan fingerprint density at radius 1 is 1.43 bits per heavy atom. The zero-order valence-electron chi connectivity index (χ0n) is 12.7. The Balaban J connectivity index is 1.76. The van der Waals surface area contributed by atoms with Crippen LogP contribution in [0.2, 0.25) is 0 Å². The largest absolute Gasteiger partial charge is 0.494 e. The topological polar surface area (TPSA) is 35.5 Å². The lowest BCUT2D eigenvalue weighted by atomic mass is 9.80. The van der Waals surface area contributed by atoms with Crippen molar-refractivity contribution >= 4 is 5.97 Å². The van der Waals surface area contributed by atoms with Crippen molar-refractivity contribution in [1.82, 2.24) is 0 Å². The molecule has 0 aromatic heterocycles. The molecule has 114 valence electrons. The van der Waals surface area contributed by atoms with Gasteiger partial charge in [0.2, 0.25) is 0 Å². The third-order valence-electron chi connectivity index (χ3n) is 5.69. The highest BCUT2D eigenvalue weighted by atomic mass is 19.1. The summed E-state index contributed by atoms with van der Waals surface area (Å²) < 4.78 is 24.0. The van der Waals surface area contributed by atoms with Gasteiger partial charge in [-0.25, -0.2) is 9.18 Å². The van der Waals surface area contributed by atoms with Gasteiger partial charge in [0.1, 0.15) is 6.10 Å². The second kappa shape index (κ2) is 5.00. The van der Waals surface area contributed by atoms with E-state index in [1.807, 2.05) is 0 Å². The number of halogens is 1. The van der Waals surface area contributed by atoms with Gasteiger partial charge in [0.15, 0.2) is 11.6 Å². The average Bonchev–Trinajstić information content (AvgIpc) is 2.87. The van der Waals surface area contributed by atoms with Crippen LogP contribution in [0.15, 0.2) is 18.2 Å². The van der Waals surface area contributed by atoms with Crippen molar-refractivity contribution in [3.05, 3.63) is 29.6 Å². The van der Waals surface area contributed by atoms with Crippen LogP contribution < -0.4 is 4.74 Å². The number of hydrogen-bond donors (Lipinski definition) is 0. The number of carbonyl (C=O) groups excluding carboxylic acids is 1. The van der Waals surface area contributed by atoms with Crippen molar-refractivity contribution in [3.8, 4) is 5.75 Å². The molecule has 0 radical (unpaired) electrons. The molecule has 2 aliphatic carbocycles. The molecule has 0 spiro atoms. The van der Waals surface area contributed by atoms with Gasteiger partial charge in [-0.15, -0.1) is 0 Å². The Hall–Kier alpha value is -1.58. The maximum absolute atomic E-state index is 13.4. The molecule has 0 N–H and O–H groups in total. The molecule has 2 aliphatic rings. The van der Waals surface area contributed by atoms with E-state index in [-0.39, 0.29) is 23.2 Å². The van der Waals surface area contributed by atoms with Crippen LogP contribution in [0.25, 0.3) is 0 Å². The van der Waals surface area contributed by atoms with Crippen molar-refractivity contribution in [3.63, 3.8) is 0 Å². The second-order valence-corrected chi connectivity index (χ2v) is 6.57. The number of hydrogen-bond acceptors (Lipinski definition) is 3. The molecule has 1 aromatic rings. The standard InChI is InChI=1S/C17H21FO3/c1-10-11-6-7-17(10,2)15(9-11)21-16(19)12-4-5-13(18)14(8-12)20-3/h4-5,8,10-11,15H,6-7,9H2,1-3H3. The predicted molar refractivity (Wildman–Crippen MR) is 76.8 cm³/mol. The van der Waals surface area contributed by atoms with Gasteiger partial charge in [-0.3, -0.25) is 0 Å². The summed E-state index contributed by atoms with van der Waals surface area (Å²) in [5, 5.41) is 0. The number of rotatable bonds is 3. The highest BCUT2D eigenvalue weighted by molar-refractivity contribution is 5.90. The number of methoxy groups -OCH3 is 1. The highest BCUT2D eigenvalue weighted by Gasteiger charge is 2.56. The van der Waals surface area contributed by atoms with Gasteiger partial charge in [-0.2, -0.15) is 0 Å². The zero-order chi connectivity index (χ0) is 15.2. The number of benzene rings is 1. The number of esters is 1. The first-order valence-electron chi connectivity index (χ1n) is 7.50. The molecular weight excluding hydrogens is 271 g/mol. The van der Waals surface area contributed by atoms with Crippen molar-refractivity contribution in [2.75, 3.05) is 7.11 Å². The fourth-order valence-electron chi connectivity index (χ4n) is 4.00. The Kier molecular flexibility index (Phi) is 3.42. The molecule has 2 fully saturated rings. The van der Waals surface area contributed by atoms with Crippen LogP contribution in [0.3, 0.4) is 0 Å². The van der Waals surface area contributed by atoms with E-state index in [1.165, 1.54) is 31.7 Å². The van der Waals surface area contributed by atoms with Gasteiger partial charge in [-0.1, -0.05) is 13.8 Å². The summed E-state index contributed by atoms with van der Waals surface area (Å²) in [7, 11) is 1.38. The summed E-state index contributed by atoms with van der Waals surface area (Å²) in [6, 6.07) is 4.08. The summed E-state index contributed by atoms with van der Waals surface area (Å²) >= 11 is 0. The minimum absolute atomic E-state index is 0.0326. The third-order valence-corrected chi connectivity index (χ3v) is 5.69. The summed E-state index contributed by atoms with van der Waals surface area (Å²) in [5.41, 5.74) is 0.428. The second-order valence-electron chi connectivity index (χ2n) is 6.57. The summed E-state index contributed by atoms with van der Waals surface area (Å²) in [6.07, 6.45) is 3.26. The average molecular weight is 292 g/mol. The molecule has 4 unspecified atom stereocenters. The normalized spacial score (nSPS) is 34.0. The van der Waals surface area contributed by atoms with Crippen molar-refractivity contribution in [2.24, 2.45) is 17.3 Å². The molecule has 2 bridgehead atoms. The molecule has 2 saturated carbocycles. The van der Waals surface area contributed by atoms with E-state index in [2.05, 4.69) is 13.8 Å². The maximum Gasteiger partial charge on any atom is 0.338 e. The van der Waals surface area contributed by atoms with Gasteiger partial charge in [0, 0.05) is 5.41 Å². The summed E-state index contributed by atoms with van der Waals surface area (Å²) in [6.45, 7) is 4.47. The smallest absolute Gasteiger partial charge is 0.338 e. The lowest BCUT2D eigenvalue weighted by molar-refractivity contribution is -0.0119. The Labute approximate surface area is 124 Å². The molecule has 21 heavy (non-hydrogen) atoms. The molecule has 4 heteroatoms. The molecule has 0 saturated heterocycles. The predicted octanol–water partition coefficient (Wildman–Crippen LogP) is 3.82. The van der Waals surface area contributed by atoms with E-state index in [0.29, 0.717) is 17.4 Å². The minimum Gasteiger partial charge on any atom is -0.494 e. The monoisotopic (exact) mass is 292 g/mol. The molecule has 4 atom stereocenters. The summed E-state index contributed by atoms with van der Waals surface area (Å²) in [5.74, 6) is 0.458. The summed E-state index contributed by atoms with van der Waals surface area (Å²) in [4.78, 5) is 12.3. The number of ether oxygens (including phenoxy) is 2. The Bertz CT molecular complexity index is 571. The molecule has 0 heterocycles. The Morgan fingerprint density at radius 3 is 2.76 bits per heavy atom. The van der Waals surface area contributed by atoms with E-state index < -0.39 is 5.82 Å². The van der Waals surface area contributed by atoms with Gasteiger partial charge < -0.3 is 9.47 Å². The first-order valence-corrected chi connectivity index (χ1v) is 7.50. The molecule has 0 amide bonds. The van der Waals surface area contributed by atoms with Gasteiger partial charge >= 0.3 is 5.97 Å². The highest BCUT2D eigenvalue weighted by Crippen LogP contribution is 2.59. The van der Waals surface area contributed by atoms with Crippen molar-refractivity contribution < 1.29 is 18.7 Å². The lowest BCUT2D eigenvalue weighted by Crippen LogP contribution is -2.34. The van der Waals surface area contributed by atoms with E-state index in [0.717, 1.165) is 12.8 Å². The van der Waals surface area contributed by atoms with Gasteiger partial charge in [0.25, 0.3) is 0 Å². The number of fused-ring (bicyclic) bond motifs is 2. The van der Waals surface area contributed by atoms with Crippen molar-refractivity contribution in [1.29, 1.82) is 0 Å². The molecule has 0 aliphatic heterocycles. The van der Waals surface area contributed by atoms with Crippen LogP contribution in [-0.2, 0) is 4.74 Å². The van der Waals surface area contributed by atoms with Crippen LogP contribution in [0, 0.1) is 23.1 Å². The van der Waals surface area contributed by atoms with E-state index in [1.54, 1.807) is 0 Å². The molecular formula is C17H21FO3. The van der Waals surface area contributed by atoms with Gasteiger partial charge in [0.05, 0.1) is 12.7 Å². The molecule has 1 aromatic carbocycles. The maximum atomic E-state index is 13.4. The van der Waals surface area contributed by atoms with Crippen LogP contribution >= 0.6 is 0 Å². The first kappa shape index (κ1) is 14.4. The molecule has 3 rings (SSSR count). The van der Waals surface area contributed by atoms with Crippen LogP contribution in [0.5, 0.6) is 5.75 Å².